The number of carboxylic acid groups (broad SMARTS) is 1. The number of likely N-dealkylation sites (tertiary alicyclic amines) is 1. The lowest BCUT2D eigenvalue weighted by molar-refractivity contribution is -0.151. The largest absolute Gasteiger partial charge is 0.480 e. The summed E-state index contributed by atoms with van der Waals surface area (Å²) in [5, 5.41) is 14.0. The Bertz CT molecular complexity index is 828. The highest BCUT2D eigenvalue weighted by molar-refractivity contribution is 5.92. The smallest absolute Gasteiger partial charge is 0.326 e. The monoisotopic (exact) mass is 354 g/mol. The highest BCUT2D eigenvalue weighted by Gasteiger charge is 2.31. The molecule has 2 N–H and O–H groups in total. The van der Waals surface area contributed by atoms with Crippen LogP contribution in [0, 0.1) is 0 Å². The van der Waals surface area contributed by atoms with Crippen molar-refractivity contribution >= 4 is 28.6 Å². The highest BCUT2D eigenvalue weighted by Crippen LogP contribution is 2.19. The van der Waals surface area contributed by atoms with E-state index in [1.807, 2.05) is 42.5 Å². The van der Waals surface area contributed by atoms with E-state index in [4.69, 9.17) is 0 Å². The van der Waals surface area contributed by atoms with Gasteiger partial charge in [0.25, 0.3) is 0 Å². The quantitative estimate of drug-likeness (QED) is 0.859. The fraction of sp³-hybridized carbons (Fsp3) is 0.350. The van der Waals surface area contributed by atoms with Crippen molar-refractivity contribution in [3.8, 4) is 0 Å². The van der Waals surface area contributed by atoms with Gasteiger partial charge in [-0.1, -0.05) is 42.5 Å². The van der Waals surface area contributed by atoms with Crippen LogP contribution in [0.1, 0.15) is 24.8 Å². The van der Waals surface area contributed by atoms with E-state index in [2.05, 4.69) is 5.32 Å². The second kappa shape index (κ2) is 7.99. The summed E-state index contributed by atoms with van der Waals surface area (Å²) in [6, 6.07) is 12.8. The predicted molar refractivity (Wildman–Crippen MR) is 97.6 cm³/mol. The molecule has 2 amide bonds. The molecule has 0 aliphatic carbocycles. The molecule has 0 aromatic heterocycles. The van der Waals surface area contributed by atoms with Gasteiger partial charge < -0.3 is 15.3 Å². The number of amides is 2. The fourth-order valence-electron chi connectivity index (χ4n) is 3.44. The standard InChI is InChI=1S/C20H22N2O4/c23-18(12-15-8-5-7-14-6-1-2-9-16(14)15)21-13-19(24)22-11-4-3-10-17(22)20(25)26/h1-2,5-9,17H,3-4,10-13H2,(H,21,23)(H,25,26). The van der Waals surface area contributed by atoms with Gasteiger partial charge in [-0.2, -0.15) is 0 Å². The Hall–Kier alpha value is -2.89. The molecule has 3 rings (SSSR count). The third-order valence-electron chi connectivity index (χ3n) is 4.78. The van der Waals surface area contributed by atoms with Crippen molar-refractivity contribution in [2.45, 2.75) is 31.7 Å². The van der Waals surface area contributed by atoms with E-state index in [0.29, 0.717) is 13.0 Å². The lowest BCUT2D eigenvalue weighted by atomic mass is 10.0. The van der Waals surface area contributed by atoms with Crippen LogP contribution in [0.25, 0.3) is 10.8 Å². The minimum absolute atomic E-state index is 0.173. The van der Waals surface area contributed by atoms with Crippen LogP contribution in [0.2, 0.25) is 0 Å². The average molecular weight is 354 g/mol. The summed E-state index contributed by atoms with van der Waals surface area (Å²) in [5.74, 6) is -1.58. The van der Waals surface area contributed by atoms with Crippen molar-refractivity contribution in [3.63, 3.8) is 0 Å². The Morgan fingerprint density at radius 2 is 1.85 bits per heavy atom. The number of nitrogens with one attached hydrogen (secondary N) is 1. The molecule has 1 saturated heterocycles. The number of nitrogens with zero attached hydrogens (tertiary/aromatic N) is 1. The number of hydrogen-bond donors (Lipinski definition) is 2. The zero-order valence-electron chi connectivity index (χ0n) is 14.5. The van der Waals surface area contributed by atoms with Gasteiger partial charge in [-0.25, -0.2) is 4.79 Å². The van der Waals surface area contributed by atoms with Crippen molar-refractivity contribution < 1.29 is 19.5 Å². The van der Waals surface area contributed by atoms with Gasteiger partial charge in [-0.15, -0.1) is 0 Å². The molecule has 6 nitrogen and oxygen atoms in total. The van der Waals surface area contributed by atoms with Gasteiger partial charge >= 0.3 is 5.97 Å². The van der Waals surface area contributed by atoms with Crippen molar-refractivity contribution in [3.05, 3.63) is 48.0 Å². The van der Waals surface area contributed by atoms with Crippen molar-refractivity contribution in [1.29, 1.82) is 0 Å². The normalized spacial score (nSPS) is 17.1. The van der Waals surface area contributed by atoms with Crippen LogP contribution >= 0.6 is 0 Å². The Morgan fingerprint density at radius 1 is 1.08 bits per heavy atom. The fourth-order valence-corrected chi connectivity index (χ4v) is 3.44. The van der Waals surface area contributed by atoms with Gasteiger partial charge in [-0.3, -0.25) is 9.59 Å². The Kier molecular flexibility index (Phi) is 5.51. The molecule has 1 unspecified atom stereocenters. The maximum absolute atomic E-state index is 12.3. The van der Waals surface area contributed by atoms with Gasteiger partial charge in [0.15, 0.2) is 0 Å². The molecule has 0 spiro atoms. The maximum Gasteiger partial charge on any atom is 0.326 e. The molecule has 1 aliphatic rings. The Balaban J connectivity index is 1.60. The van der Waals surface area contributed by atoms with Crippen LogP contribution < -0.4 is 5.32 Å². The molecule has 1 atom stereocenters. The summed E-state index contributed by atoms with van der Waals surface area (Å²) < 4.78 is 0. The van der Waals surface area contributed by atoms with Crippen molar-refractivity contribution in [2.75, 3.05) is 13.1 Å². The van der Waals surface area contributed by atoms with Gasteiger partial charge in [-0.05, 0) is 35.6 Å². The molecule has 6 heteroatoms. The topological polar surface area (TPSA) is 86.7 Å². The van der Waals surface area contributed by atoms with Gasteiger partial charge in [0.05, 0.1) is 13.0 Å². The summed E-state index contributed by atoms with van der Waals surface area (Å²) in [7, 11) is 0. The molecular formula is C20H22N2O4. The van der Waals surface area contributed by atoms with Crippen LogP contribution in [0.15, 0.2) is 42.5 Å². The number of carboxylic acids is 1. The predicted octanol–water partition coefficient (Wildman–Crippen LogP) is 1.96. The third kappa shape index (κ3) is 4.02. The molecule has 1 aliphatic heterocycles. The number of hydrogen-bond acceptors (Lipinski definition) is 3. The van der Waals surface area contributed by atoms with E-state index in [1.165, 1.54) is 4.90 Å². The number of fused-ring (bicyclic) bond motifs is 1. The Labute approximate surface area is 151 Å². The summed E-state index contributed by atoms with van der Waals surface area (Å²) in [6.45, 7) is 0.252. The van der Waals surface area contributed by atoms with Gasteiger partial charge in [0.2, 0.25) is 11.8 Å². The van der Waals surface area contributed by atoms with E-state index in [-0.39, 0.29) is 24.8 Å². The van der Waals surface area contributed by atoms with Gasteiger partial charge in [0, 0.05) is 6.54 Å². The van der Waals surface area contributed by atoms with Crippen LogP contribution in [0.4, 0.5) is 0 Å². The van der Waals surface area contributed by atoms with Crippen LogP contribution in [-0.2, 0) is 20.8 Å². The second-order valence-electron chi connectivity index (χ2n) is 6.53. The third-order valence-corrected chi connectivity index (χ3v) is 4.78. The van der Waals surface area contributed by atoms with E-state index in [0.717, 1.165) is 29.2 Å². The molecular weight excluding hydrogens is 332 g/mol. The molecule has 0 radical (unpaired) electrons. The number of rotatable bonds is 5. The molecule has 0 bridgehead atoms. The number of benzene rings is 2. The molecule has 1 heterocycles. The molecule has 2 aromatic rings. The van der Waals surface area contributed by atoms with Crippen LogP contribution in [0.3, 0.4) is 0 Å². The minimum atomic E-state index is -0.986. The summed E-state index contributed by atoms with van der Waals surface area (Å²) in [4.78, 5) is 37.2. The summed E-state index contributed by atoms with van der Waals surface area (Å²) >= 11 is 0. The molecule has 136 valence electrons. The van der Waals surface area contributed by atoms with E-state index < -0.39 is 12.0 Å². The van der Waals surface area contributed by atoms with Crippen LogP contribution in [0.5, 0.6) is 0 Å². The number of piperidine rings is 1. The van der Waals surface area contributed by atoms with Crippen molar-refractivity contribution in [1.82, 2.24) is 10.2 Å². The zero-order valence-corrected chi connectivity index (χ0v) is 14.5. The first kappa shape index (κ1) is 17.9. The second-order valence-corrected chi connectivity index (χ2v) is 6.53. The molecule has 1 fully saturated rings. The first-order valence-electron chi connectivity index (χ1n) is 8.82. The average Bonchev–Trinajstić information content (AvgIpc) is 2.66. The lowest BCUT2D eigenvalue weighted by Crippen LogP contribution is -2.51. The minimum Gasteiger partial charge on any atom is -0.480 e. The molecule has 2 aromatic carbocycles. The lowest BCUT2D eigenvalue weighted by Gasteiger charge is -2.33. The number of carbonyl (C=O) groups is 3. The van der Waals surface area contributed by atoms with E-state index in [9.17, 15) is 19.5 Å². The van der Waals surface area contributed by atoms with E-state index >= 15 is 0 Å². The number of aliphatic carboxylic acids is 1. The SMILES string of the molecule is O=C(Cc1cccc2ccccc12)NCC(=O)N1CCCCC1C(=O)O. The van der Waals surface area contributed by atoms with E-state index in [1.54, 1.807) is 0 Å². The van der Waals surface area contributed by atoms with Gasteiger partial charge in [0.1, 0.15) is 6.04 Å². The molecule has 0 saturated carbocycles. The van der Waals surface area contributed by atoms with Crippen LogP contribution in [-0.4, -0.2) is 46.9 Å². The Morgan fingerprint density at radius 3 is 2.65 bits per heavy atom. The summed E-state index contributed by atoms with van der Waals surface area (Å²) in [6.07, 6.45) is 2.23. The summed E-state index contributed by atoms with van der Waals surface area (Å²) in [5.41, 5.74) is 0.898. The first-order chi connectivity index (χ1) is 12.6. The highest BCUT2D eigenvalue weighted by atomic mass is 16.4. The molecule has 26 heavy (non-hydrogen) atoms. The zero-order chi connectivity index (χ0) is 18.5. The first-order valence-corrected chi connectivity index (χ1v) is 8.82. The number of carbonyl (C=O) groups excluding carboxylic acids is 2. The maximum atomic E-state index is 12.3. The van der Waals surface area contributed by atoms with Crippen molar-refractivity contribution in [2.24, 2.45) is 0 Å².